The largest absolute Gasteiger partial charge is 0.347 e. The number of Topliss-reactive ketones (excluding diaryl/α,β-unsaturated/α-hetero) is 1. The molecule has 0 bridgehead atoms. The highest BCUT2D eigenvalue weighted by Gasteiger charge is 2.53. The van der Waals surface area contributed by atoms with E-state index >= 15 is 0 Å². The number of rotatable bonds is 13. The summed E-state index contributed by atoms with van der Waals surface area (Å²) in [6.45, 7) is 7.77. The van der Waals surface area contributed by atoms with Gasteiger partial charge in [-0.2, -0.15) is 0 Å². The van der Waals surface area contributed by atoms with Crippen LogP contribution in [0.15, 0.2) is 18.6 Å². The quantitative estimate of drug-likeness (QED) is 0.220. The molecule has 3 heterocycles. The van der Waals surface area contributed by atoms with E-state index < -0.39 is 69.0 Å². The molecule has 5 rings (SSSR count). The Morgan fingerprint density at radius 3 is 2.25 bits per heavy atom. The van der Waals surface area contributed by atoms with E-state index in [-0.39, 0.29) is 17.7 Å². The fourth-order valence-corrected chi connectivity index (χ4v) is 10.5. The second-order valence-electron chi connectivity index (χ2n) is 15.4. The van der Waals surface area contributed by atoms with Crippen molar-refractivity contribution in [3.8, 4) is 0 Å². The van der Waals surface area contributed by atoms with Gasteiger partial charge in [0.05, 0.1) is 16.3 Å². The molecular formula is C36H53N7O6S2. The van der Waals surface area contributed by atoms with E-state index in [9.17, 15) is 28.8 Å². The Balaban J connectivity index is 1.38. The van der Waals surface area contributed by atoms with Crippen LogP contribution in [0.25, 0.3) is 0 Å². The third-order valence-electron chi connectivity index (χ3n) is 10.1. The van der Waals surface area contributed by atoms with E-state index in [4.69, 9.17) is 0 Å². The maximum Gasteiger partial charge on any atom is 0.289 e. The van der Waals surface area contributed by atoms with Gasteiger partial charge in [-0.15, -0.1) is 23.5 Å². The first kappa shape index (κ1) is 39.0. The number of hydrogen-bond acceptors (Lipinski definition) is 10. The summed E-state index contributed by atoms with van der Waals surface area (Å²) in [7, 11) is 0. The van der Waals surface area contributed by atoms with E-state index in [0.29, 0.717) is 25.8 Å². The van der Waals surface area contributed by atoms with Crippen molar-refractivity contribution < 1.29 is 28.8 Å². The van der Waals surface area contributed by atoms with Crippen LogP contribution in [0, 0.1) is 11.3 Å². The number of aromatic nitrogens is 2. The number of carbonyl (C=O) groups excluding carboxylic acids is 6. The predicted octanol–water partition coefficient (Wildman–Crippen LogP) is 2.99. The first-order valence-corrected chi connectivity index (χ1v) is 20.4. The molecule has 5 amide bonds. The SMILES string of the molecule is CCCC(NC(=O)C1CC2(CN1C(=O)C(NC(=O)C(NC(=O)c1cnccn1)C1CCCCC1)C(C)(C)C)SCCCS2)C(=O)C(=O)NC1CC1. The maximum atomic E-state index is 14.8. The van der Waals surface area contributed by atoms with Gasteiger partial charge in [0.15, 0.2) is 0 Å². The maximum absolute atomic E-state index is 14.8. The van der Waals surface area contributed by atoms with E-state index in [2.05, 4.69) is 31.2 Å². The molecule has 2 saturated carbocycles. The monoisotopic (exact) mass is 743 g/mol. The third-order valence-corrected chi connectivity index (χ3v) is 13.5. The number of nitrogens with zero attached hydrogens (tertiary/aromatic N) is 3. The van der Waals surface area contributed by atoms with Crippen LogP contribution < -0.4 is 21.3 Å². The van der Waals surface area contributed by atoms with Gasteiger partial charge < -0.3 is 26.2 Å². The highest BCUT2D eigenvalue weighted by Crippen LogP contribution is 2.50. The molecule has 1 aromatic rings. The molecule has 0 radical (unpaired) electrons. The minimum Gasteiger partial charge on any atom is -0.347 e. The van der Waals surface area contributed by atoms with Gasteiger partial charge >= 0.3 is 0 Å². The molecule has 4 fully saturated rings. The fourth-order valence-electron chi connectivity index (χ4n) is 7.14. The molecule has 4 unspecified atom stereocenters. The molecule has 4 atom stereocenters. The lowest BCUT2D eigenvalue weighted by atomic mass is 9.82. The predicted molar refractivity (Wildman–Crippen MR) is 197 cm³/mol. The first-order chi connectivity index (χ1) is 24.3. The molecule has 4 N–H and O–H groups in total. The van der Waals surface area contributed by atoms with Gasteiger partial charge in [-0.25, -0.2) is 4.98 Å². The number of amides is 5. The topological polar surface area (TPSA) is 180 Å². The first-order valence-electron chi connectivity index (χ1n) is 18.4. The summed E-state index contributed by atoms with van der Waals surface area (Å²) in [6, 6.07) is -3.82. The molecule has 280 valence electrons. The van der Waals surface area contributed by atoms with Gasteiger partial charge in [0.25, 0.3) is 11.8 Å². The number of thioether (sulfide) groups is 2. The molecular weight excluding hydrogens is 691 g/mol. The average molecular weight is 744 g/mol. The van der Waals surface area contributed by atoms with E-state index in [0.717, 1.165) is 62.9 Å². The van der Waals surface area contributed by atoms with Gasteiger partial charge in [-0.05, 0) is 61.4 Å². The molecule has 2 saturated heterocycles. The van der Waals surface area contributed by atoms with Gasteiger partial charge in [-0.1, -0.05) is 53.4 Å². The molecule has 1 aromatic heterocycles. The summed E-state index contributed by atoms with van der Waals surface area (Å²) in [5.74, 6) is -1.55. The Morgan fingerprint density at radius 1 is 0.941 bits per heavy atom. The third kappa shape index (κ3) is 10.0. The number of likely N-dealkylation sites (tertiary alicyclic amines) is 1. The van der Waals surface area contributed by atoms with E-state index in [1.807, 2.05) is 27.7 Å². The number of ketones is 1. The Labute approximate surface area is 309 Å². The van der Waals surface area contributed by atoms with E-state index in [1.165, 1.54) is 18.6 Å². The van der Waals surface area contributed by atoms with Crippen LogP contribution in [-0.2, 0) is 24.0 Å². The molecule has 0 aromatic carbocycles. The lowest BCUT2D eigenvalue weighted by Gasteiger charge is -2.38. The molecule has 13 nitrogen and oxygen atoms in total. The minimum atomic E-state index is -1.02. The Hall–Kier alpha value is -3.20. The smallest absolute Gasteiger partial charge is 0.289 e. The van der Waals surface area contributed by atoms with Crippen LogP contribution in [0.1, 0.15) is 109 Å². The van der Waals surface area contributed by atoms with Crippen LogP contribution in [0.5, 0.6) is 0 Å². The van der Waals surface area contributed by atoms with Crippen molar-refractivity contribution in [1.29, 1.82) is 0 Å². The zero-order valence-corrected chi connectivity index (χ0v) is 31.8. The minimum absolute atomic E-state index is 0.00479. The van der Waals surface area contributed by atoms with Crippen molar-refractivity contribution in [3.05, 3.63) is 24.3 Å². The Morgan fingerprint density at radius 2 is 1.65 bits per heavy atom. The molecule has 2 aliphatic heterocycles. The second-order valence-corrected chi connectivity index (χ2v) is 18.6. The molecule has 4 aliphatic rings. The van der Waals surface area contributed by atoms with Crippen molar-refractivity contribution in [2.45, 2.75) is 133 Å². The molecule has 2 aliphatic carbocycles. The number of nitrogens with one attached hydrogen (secondary N) is 4. The number of hydrogen-bond donors (Lipinski definition) is 4. The summed E-state index contributed by atoms with van der Waals surface area (Å²) in [4.78, 5) is 91.9. The van der Waals surface area contributed by atoms with Gasteiger partial charge in [0, 0.05) is 31.4 Å². The Bertz CT molecular complexity index is 1440. The average Bonchev–Trinajstić information content (AvgIpc) is 3.87. The molecule has 15 heteroatoms. The van der Waals surface area contributed by atoms with Crippen molar-refractivity contribution in [1.82, 2.24) is 36.1 Å². The molecule has 51 heavy (non-hydrogen) atoms. The van der Waals surface area contributed by atoms with Crippen molar-refractivity contribution in [3.63, 3.8) is 0 Å². The van der Waals surface area contributed by atoms with Crippen molar-refractivity contribution in [2.24, 2.45) is 11.3 Å². The van der Waals surface area contributed by atoms with Crippen LogP contribution in [-0.4, -0.2) is 103 Å². The highest BCUT2D eigenvalue weighted by atomic mass is 32.2. The summed E-state index contributed by atoms with van der Waals surface area (Å²) in [5.41, 5.74) is -0.664. The Kier molecular flexibility index (Phi) is 13.1. The standard InChI is InChI=1S/C36H53N7O6S2/c1-5-10-24(28(44)33(48)39-23-13-14-23)40-31(46)26-19-36(50-17-9-18-51-36)21-43(26)34(49)29(35(2,3)4)42-32(47)27(22-11-7-6-8-12-22)41-30(45)25-20-37-15-16-38-25/h15-16,20,22-24,26-27,29H,5-14,17-19,21H2,1-4H3,(H,39,48)(H,40,46)(H,41,45)(H,42,47). The summed E-state index contributed by atoms with van der Waals surface area (Å²) < 4.78 is -0.411. The summed E-state index contributed by atoms with van der Waals surface area (Å²) in [5, 5.41) is 11.5. The van der Waals surface area contributed by atoms with Crippen molar-refractivity contribution in [2.75, 3.05) is 18.1 Å². The van der Waals surface area contributed by atoms with Gasteiger partial charge in [0.1, 0.15) is 23.8 Å². The lowest BCUT2D eigenvalue weighted by Crippen LogP contribution is -2.62. The molecule has 1 spiro atoms. The fraction of sp³-hybridized carbons (Fsp3) is 0.722. The van der Waals surface area contributed by atoms with Crippen LogP contribution >= 0.6 is 23.5 Å². The zero-order chi connectivity index (χ0) is 36.8. The highest BCUT2D eigenvalue weighted by molar-refractivity contribution is 8.18. The summed E-state index contributed by atoms with van der Waals surface area (Å²) >= 11 is 3.49. The van der Waals surface area contributed by atoms with Gasteiger partial charge in [0.2, 0.25) is 23.5 Å². The van der Waals surface area contributed by atoms with Crippen LogP contribution in [0.3, 0.4) is 0 Å². The zero-order valence-electron chi connectivity index (χ0n) is 30.2. The second kappa shape index (κ2) is 17.1. The lowest BCUT2D eigenvalue weighted by molar-refractivity contribution is -0.145. The van der Waals surface area contributed by atoms with Crippen LogP contribution in [0.4, 0.5) is 0 Å². The van der Waals surface area contributed by atoms with Crippen LogP contribution in [0.2, 0.25) is 0 Å². The van der Waals surface area contributed by atoms with E-state index in [1.54, 1.807) is 28.4 Å². The number of carbonyl (C=O) groups is 6. The van der Waals surface area contributed by atoms with Crippen molar-refractivity contribution >= 4 is 58.8 Å². The van der Waals surface area contributed by atoms with Gasteiger partial charge in [-0.3, -0.25) is 33.8 Å². The summed E-state index contributed by atoms with van der Waals surface area (Å²) in [6.07, 6.45) is 12.6. The normalized spacial score (nSPS) is 22.4.